The number of benzene rings is 1. The quantitative estimate of drug-likeness (QED) is 0.660. The van der Waals surface area contributed by atoms with E-state index in [1.165, 1.54) is 0 Å². The Balaban J connectivity index is 1.34. The minimum atomic E-state index is -0.445. The number of nitrogens with one attached hydrogen (secondary N) is 2. The minimum absolute atomic E-state index is 0.133. The number of thiazole rings is 1. The Morgan fingerprint density at radius 1 is 1.14 bits per heavy atom. The SMILES string of the molecule is O=C(NCc1csc(-c2cccs2)n1)[C@H]1CCCN1C(=O)Nc1ccccc1. The van der Waals surface area contributed by atoms with Crippen molar-refractivity contribution in [3.8, 4) is 9.88 Å². The maximum atomic E-state index is 12.7. The highest BCUT2D eigenvalue weighted by Crippen LogP contribution is 2.27. The van der Waals surface area contributed by atoms with E-state index in [0.717, 1.165) is 27.7 Å². The Hall–Kier alpha value is -2.71. The summed E-state index contributed by atoms with van der Waals surface area (Å²) in [5.74, 6) is -0.133. The van der Waals surface area contributed by atoms with Crippen LogP contribution in [0, 0.1) is 0 Å². The van der Waals surface area contributed by atoms with Crippen LogP contribution in [-0.4, -0.2) is 34.4 Å². The number of urea groups is 1. The third-order valence-corrected chi connectivity index (χ3v) is 6.50. The van der Waals surface area contributed by atoms with Crippen molar-refractivity contribution in [1.82, 2.24) is 15.2 Å². The van der Waals surface area contributed by atoms with E-state index in [0.29, 0.717) is 19.5 Å². The van der Waals surface area contributed by atoms with Gasteiger partial charge in [-0.1, -0.05) is 24.3 Å². The summed E-state index contributed by atoms with van der Waals surface area (Å²) >= 11 is 3.22. The number of carbonyl (C=O) groups excluding carboxylic acids is 2. The topological polar surface area (TPSA) is 74.3 Å². The summed E-state index contributed by atoms with van der Waals surface area (Å²) in [4.78, 5) is 32.6. The summed E-state index contributed by atoms with van der Waals surface area (Å²) in [6.45, 7) is 0.946. The molecule has 1 atom stereocenters. The normalized spacial score (nSPS) is 16.1. The van der Waals surface area contributed by atoms with Gasteiger partial charge in [0.15, 0.2) is 0 Å². The van der Waals surface area contributed by atoms with Gasteiger partial charge in [-0.3, -0.25) is 4.79 Å². The van der Waals surface area contributed by atoms with Gasteiger partial charge in [0, 0.05) is 17.6 Å². The maximum Gasteiger partial charge on any atom is 0.322 e. The van der Waals surface area contributed by atoms with Crippen LogP contribution in [0.25, 0.3) is 9.88 Å². The molecule has 1 aliphatic heterocycles. The van der Waals surface area contributed by atoms with E-state index in [2.05, 4.69) is 15.6 Å². The van der Waals surface area contributed by atoms with Crippen molar-refractivity contribution in [2.24, 2.45) is 0 Å². The lowest BCUT2D eigenvalue weighted by Crippen LogP contribution is -2.47. The van der Waals surface area contributed by atoms with Crippen molar-refractivity contribution in [2.75, 3.05) is 11.9 Å². The monoisotopic (exact) mass is 412 g/mol. The van der Waals surface area contributed by atoms with Gasteiger partial charge in [0.05, 0.1) is 17.1 Å². The molecule has 1 aliphatic rings. The minimum Gasteiger partial charge on any atom is -0.349 e. The Labute approximate surface area is 171 Å². The summed E-state index contributed by atoms with van der Waals surface area (Å²) in [6.07, 6.45) is 1.49. The summed E-state index contributed by atoms with van der Waals surface area (Å²) < 4.78 is 0. The second-order valence-electron chi connectivity index (χ2n) is 6.49. The fraction of sp³-hybridized carbons (Fsp3) is 0.250. The highest BCUT2D eigenvalue weighted by Gasteiger charge is 2.34. The van der Waals surface area contributed by atoms with Crippen LogP contribution in [0.2, 0.25) is 0 Å². The van der Waals surface area contributed by atoms with Gasteiger partial charge in [0.1, 0.15) is 11.0 Å². The van der Waals surface area contributed by atoms with E-state index in [-0.39, 0.29) is 11.9 Å². The van der Waals surface area contributed by atoms with E-state index in [1.54, 1.807) is 27.6 Å². The first kappa shape index (κ1) is 18.6. The Morgan fingerprint density at radius 2 is 2.00 bits per heavy atom. The molecule has 2 aromatic heterocycles. The van der Waals surface area contributed by atoms with Crippen LogP contribution in [0.5, 0.6) is 0 Å². The first-order chi connectivity index (χ1) is 13.7. The zero-order valence-corrected chi connectivity index (χ0v) is 16.8. The Bertz CT molecular complexity index is 940. The van der Waals surface area contributed by atoms with E-state index in [4.69, 9.17) is 0 Å². The standard InChI is InChI=1S/C20H20N4O2S2/c25-18(21-12-15-13-28-19(22-15)17-9-5-11-27-17)16-8-4-10-24(16)20(26)23-14-6-2-1-3-7-14/h1-3,5-7,9,11,13,16H,4,8,10,12H2,(H,21,25)(H,23,26)/t16-/m1/s1. The van der Waals surface area contributed by atoms with Crippen molar-refractivity contribution in [3.05, 3.63) is 58.9 Å². The van der Waals surface area contributed by atoms with E-state index in [1.807, 2.05) is 53.2 Å². The number of para-hydroxylation sites is 1. The maximum absolute atomic E-state index is 12.7. The van der Waals surface area contributed by atoms with Crippen LogP contribution < -0.4 is 10.6 Å². The molecule has 2 N–H and O–H groups in total. The number of thiophene rings is 1. The van der Waals surface area contributed by atoms with Crippen molar-refractivity contribution in [2.45, 2.75) is 25.4 Å². The number of rotatable bonds is 5. The summed E-state index contributed by atoms with van der Waals surface area (Å²) in [5, 5.41) is 10.7. The van der Waals surface area contributed by atoms with E-state index in [9.17, 15) is 9.59 Å². The van der Waals surface area contributed by atoms with Gasteiger partial charge in [0.25, 0.3) is 0 Å². The zero-order chi connectivity index (χ0) is 19.3. The van der Waals surface area contributed by atoms with Gasteiger partial charge < -0.3 is 15.5 Å². The van der Waals surface area contributed by atoms with Gasteiger partial charge in [-0.05, 0) is 36.4 Å². The molecule has 0 bridgehead atoms. The van der Waals surface area contributed by atoms with Crippen molar-refractivity contribution >= 4 is 40.3 Å². The van der Waals surface area contributed by atoms with Gasteiger partial charge in [-0.25, -0.2) is 9.78 Å². The number of aromatic nitrogens is 1. The number of anilines is 1. The third kappa shape index (κ3) is 4.23. The first-order valence-electron chi connectivity index (χ1n) is 9.09. The van der Waals surface area contributed by atoms with Gasteiger partial charge in [-0.2, -0.15) is 0 Å². The van der Waals surface area contributed by atoms with Crippen molar-refractivity contribution < 1.29 is 9.59 Å². The molecule has 1 fully saturated rings. The molecule has 1 saturated heterocycles. The molecule has 3 amide bonds. The Morgan fingerprint density at radius 3 is 2.79 bits per heavy atom. The molecule has 3 heterocycles. The van der Waals surface area contributed by atoms with Crippen LogP contribution in [0.3, 0.4) is 0 Å². The lowest BCUT2D eigenvalue weighted by Gasteiger charge is -2.24. The number of likely N-dealkylation sites (tertiary alicyclic amines) is 1. The number of nitrogens with zero attached hydrogens (tertiary/aromatic N) is 2. The first-order valence-corrected chi connectivity index (χ1v) is 10.9. The molecule has 1 aromatic carbocycles. The number of hydrogen-bond acceptors (Lipinski definition) is 5. The van der Waals surface area contributed by atoms with Gasteiger partial charge in [-0.15, -0.1) is 22.7 Å². The van der Waals surface area contributed by atoms with E-state index >= 15 is 0 Å². The molecule has 6 nitrogen and oxygen atoms in total. The molecule has 0 unspecified atom stereocenters. The largest absolute Gasteiger partial charge is 0.349 e. The van der Waals surface area contributed by atoms with Crippen LogP contribution in [-0.2, 0) is 11.3 Å². The van der Waals surface area contributed by atoms with Gasteiger partial charge >= 0.3 is 6.03 Å². The number of hydrogen-bond donors (Lipinski definition) is 2. The van der Waals surface area contributed by atoms with E-state index < -0.39 is 6.04 Å². The zero-order valence-electron chi connectivity index (χ0n) is 15.1. The highest BCUT2D eigenvalue weighted by atomic mass is 32.1. The second kappa shape index (κ2) is 8.53. The fourth-order valence-corrected chi connectivity index (χ4v) is 4.83. The lowest BCUT2D eigenvalue weighted by atomic mass is 10.2. The summed E-state index contributed by atoms with van der Waals surface area (Å²) in [5.41, 5.74) is 1.56. The average Bonchev–Trinajstić information content (AvgIpc) is 3.48. The average molecular weight is 413 g/mol. The molecule has 144 valence electrons. The van der Waals surface area contributed by atoms with Crippen molar-refractivity contribution in [3.63, 3.8) is 0 Å². The molecular weight excluding hydrogens is 392 g/mol. The van der Waals surface area contributed by atoms with Gasteiger partial charge in [0.2, 0.25) is 5.91 Å². The smallest absolute Gasteiger partial charge is 0.322 e. The van der Waals surface area contributed by atoms with Crippen molar-refractivity contribution in [1.29, 1.82) is 0 Å². The Kier molecular flexibility index (Phi) is 5.68. The third-order valence-electron chi connectivity index (χ3n) is 4.57. The second-order valence-corrected chi connectivity index (χ2v) is 8.29. The molecule has 0 aliphatic carbocycles. The number of carbonyl (C=O) groups is 2. The molecule has 0 spiro atoms. The number of amides is 3. The molecule has 8 heteroatoms. The molecule has 3 aromatic rings. The predicted octanol–water partition coefficient (Wildman–Crippen LogP) is 4.18. The lowest BCUT2D eigenvalue weighted by molar-refractivity contribution is -0.124. The fourth-order valence-electron chi connectivity index (χ4n) is 3.20. The molecule has 28 heavy (non-hydrogen) atoms. The molecule has 0 saturated carbocycles. The highest BCUT2D eigenvalue weighted by molar-refractivity contribution is 7.20. The van der Waals surface area contributed by atoms with Crippen LogP contribution in [0.1, 0.15) is 18.5 Å². The van der Waals surface area contributed by atoms with Crippen LogP contribution >= 0.6 is 22.7 Å². The summed E-state index contributed by atoms with van der Waals surface area (Å²) in [6, 6.07) is 12.6. The molecular formula is C20H20N4O2S2. The predicted molar refractivity (Wildman–Crippen MR) is 112 cm³/mol. The molecule has 0 radical (unpaired) electrons. The van der Waals surface area contributed by atoms with Crippen LogP contribution in [0.4, 0.5) is 10.5 Å². The van der Waals surface area contributed by atoms with Crippen LogP contribution in [0.15, 0.2) is 53.2 Å². The molecule has 4 rings (SSSR count). The summed E-state index contributed by atoms with van der Waals surface area (Å²) in [7, 11) is 0.